The zero-order chi connectivity index (χ0) is 18.7. The number of hydrogen-bond donors (Lipinski definition) is 2. The molecule has 0 saturated heterocycles. The third-order valence-electron chi connectivity index (χ3n) is 3.23. The number of amides is 3. The Hall–Kier alpha value is -2.77. The maximum atomic E-state index is 11.8. The summed E-state index contributed by atoms with van der Waals surface area (Å²) >= 11 is 0. The topological polar surface area (TPSA) is 103 Å². The molecule has 0 saturated carbocycles. The molecule has 1 aromatic rings. The summed E-state index contributed by atoms with van der Waals surface area (Å²) in [7, 11) is 3.01. The molecule has 0 bridgehead atoms. The molecular formula is C17H24N2O6. The van der Waals surface area contributed by atoms with Crippen molar-refractivity contribution in [3.05, 3.63) is 23.8 Å². The van der Waals surface area contributed by atoms with Crippen LogP contribution in [0.4, 0.5) is 4.79 Å². The minimum absolute atomic E-state index is 0.0314. The van der Waals surface area contributed by atoms with E-state index in [4.69, 9.17) is 14.2 Å². The summed E-state index contributed by atoms with van der Waals surface area (Å²) in [4.78, 5) is 34.7. The van der Waals surface area contributed by atoms with Gasteiger partial charge in [-0.3, -0.25) is 14.9 Å². The highest BCUT2D eigenvalue weighted by molar-refractivity contribution is 5.95. The fourth-order valence-corrected chi connectivity index (χ4v) is 1.94. The number of carbonyl (C=O) groups excluding carboxylic acids is 3. The van der Waals surface area contributed by atoms with E-state index in [1.54, 1.807) is 18.2 Å². The molecule has 0 aliphatic carbocycles. The number of hydrogen-bond acceptors (Lipinski definition) is 6. The summed E-state index contributed by atoms with van der Waals surface area (Å²) in [5, 5.41) is 4.62. The molecule has 0 aliphatic heterocycles. The minimum atomic E-state index is -0.686. The molecule has 138 valence electrons. The Labute approximate surface area is 146 Å². The van der Waals surface area contributed by atoms with Gasteiger partial charge in [0.05, 0.1) is 20.6 Å². The van der Waals surface area contributed by atoms with Crippen LogP contribution in [0.15, 0.2) is 18.2 Å². The van der Waals surface area contributed by atoms with Crippen LogP contribution in [0.1, 0.15) is 25.3 Å². The SMILES string of the molecule is CCCCNC(=O)NC(=O)COC(=O)Cc1ccc(OC)c(OC)c1. The van der Waals surface area contributed by atoms with Crippen LogP contribution in [-0.2, 0) is 20.7 Å². The first-order valence-corrected chi connectivity index (χ1v) is 7.94. The molecule has 0 radical (unpaired) electrons. The summed E-state index contributed by atoms with van der Waals surface area (Å²) in [5.74, 6) is -0.231. The van der Waals surface area contributed by atoms with Crippen LogP contribution in [0.2, 0.25) is 0 Å². The third kappa shape index (κ3) is 7.56. The van der Waals surface area contributed by atoms with Crippen LogP contribution in [0.3, 0.4) is 0 Å². The van der Waals surface area contributed by atoms with E-state index in [1.807, 2.05) is 6.92 Å². The molecule has 0 unspecified atom stereocenters. The van der Waals surface area contributed by atoms with Gasteiger partial charge in [0.1, 0.15) is 0 Å². The smallest absolute Gasteiger partial charge is 0.321 e. The van der Waals surface area contributed by atoms with Crippen molar-refractivity contribution in [3.8, 4) is 11.5 Å². The lowest BCUT2D eigenvalue weighted by molar-refractivity contribution is -0.147. The van der Waals surface area contributed by atoms with Crippen molar-refractivity contribution in [2.24, 2.45) is 0 Å². The fraction of sp³-hybridized carbons (Fsp3) is 0.471. The molecule has 8 heteroatoms. The molecule has 0 fully saturated rings. The van der Waals surface area contributed by atoms with Gasteiger partial charge in [-0.15, -0.1) is 0 Å². The number of ether oxygens (including phenoxy) is 3. The van der Waals surface area contributed by atoms with Crippen LogP contribution in [0.5, 0.6) is 11.5 Å². The Morgan fingerprint density at radius 2 is 1.80 bits per heavy atom. The maximum absolute atomic E-state index is 11.8. The van der Waals surface area contributed by atoms with Gasteiger partial charge < -0.3 is 19.5 Å². The van der Waals surface area contributed by atoms with Crippen LogP contribution in [-0.4, -0.2) is 45.3 Å². The van der Waals surface area contributed by atoms with Gasteiger partial charge in [-0.25, -0.2) is 4.79 Å². The molecule has 0 heterocycles. The summed E-state index contributed by atoms with van der Waals surface area (Å²) < 4.78 is 15.1. The number of methoxy groups -OCH3 is 2. The lowest BCUT2D eigenvalue weighted by atomic mass is 10.1. The van der Waals surface area contributed by atoms with E-state index in [2.05, 4.69) is 10.6 Å². The first-order chi connectivity index (χ1) is 12.0. The average Bonchev–Trinajstić information content (AvgIpc) is 2.60. The number of urea groups is 1. The third-order valence-corrected chi connectivity index (χ3v) is 3.23. The molecule has 8 nitrogen and oxygen atoms in total. The van der Waals surface area contributed by atoms with Crippen LogP contribution >= 0.6 is 0 Å². The van der Waals surface area contributed by atoms with E-state index in [0.717, 1.165) is 12.8 Å². The fourth-order valence-electron chi connectivity index (χ4n) is 1.94. The van der Waals surface area contributed by atoms with Crippen molar-refractivity contribution in [2.75, 3.05) is 27.4 Å². The van der Waals surface area contributed by atoms with E-state index in [1.165, 1.54) is 14.2 Å². The zero-order valence-electron chi connectivity index (χ0n) is 14.7. The minimum Gasteiger partial charge on any atom is -0.493 e. The molecular weight excluding hydrogens is 328 g/mol. The number of esters is 1. The quantitative estimate of drug-likeness (QED) is 0.515. The Bertz CT molecular complexity index is 603. The number of benzene rings is 1. The van der Waals surface area contributed by atoms with E-state index in [0.29, 0.717) is 23.6 Å². The summed E-state index contributed by atoms with van der Waals surface area (Å²) in [6.07, 6.45) is 1.72. The number of unbranched alkanes of at least 4 members (excludes halogenated alkanes) is 1. The van der Waals surface area contributed by atoms with Gasteiger partial charge in [-0.05, 0) is 24.1 Å². The van der Waals surface area contributed by atoms with E-state index in [-0.39, 0.29) is 6.42 Å². The lowest BCUT2D eigenvalue weighted by Crippen LogP contribution is -2.41. The zero-order valence-corrected chi connectivity index (χ0v) is 14.7. The molecule has 1 rings (SSSR count). The average molecular weight is 352 g/mol. The second-order valence-corrected chi connectivity index (χ2v) is 5.18. The second kappa shape index (κ2) is 10.9. The van der Waals surface area contributed by atoms with E-state index in [9.17, 15) is 14.4 Å². The van der Waals surface area contributed by atoms with Crippen LogP contribution in [0.25, 0.3) is 0 Å². The van der Waals surface area contributed by atoms with Crippen molar-refractivity contribution < 1.29 is 28.6 Å². The molecule has 3 amide bonds. The van der Waals surface area contributed by atoms with E-state index >= 15 is 0 Å². The van der Waals surface area contributed by atoms with Crippen molar-refractivity contribution in [1.29, 1.82) is 0 Å². The highest BCUT2D eigenvalue weighted by atomic mass is 16.5. The summed E-state index contributed by atoms with van der Waals surface area (Å²) in [5.41, 5.74) is 0.653. The Balaban J connectivity index is 2.39. The van der Waals surface area contributed by atoms with Gasteiger partial charge in [0.25, 0.3) is 5.91 Å². The highest BCUT2D eigenvalue weighted by Crippen LogP contribution is 2.27. The standard InChI is InChI=1S/C17H24N2O6/c1-4-5-8-18-17(22)19-15(20)11-25-16(21)10-12-6-7-13(23-2)14(9-12)24-3/h6-7,9H,4-5,8,10-11H2,1-3H3,(H2,18,19,20,22). The van der Waals surface area contributed by atoms with Crippen LogP contribution < -0.4 is 20.1 Å². The van der Waals surface area contributed by atoms with Gasteiger partial charge in [0.2, 0.25) is 0 Å². The maximum Gasteiger partial charge on any atom is 0.321 e. The summed E-state index contributed by atoms with van der Waals surface area (Å²) in [6, 6.07) is 4.43. The molecule has 25 heavy (non-hydrogen) atoms. The molecule has 0 spiro atoms. The molecule has 0 aliphatic rings. The highest BCUT2D eigenvalue weighted by Gasteiger charge is 2.12. The Morgan fingerprint density at radius 3 is 2.44 bits per heavy atom. The van der Waals surface area contributed by atoms with Crippen LogP contribution in [0, 0.1) is 0 Å². The first kappa shape index (κ1) is 20.3. The van der Waals surface area contributed by atoms with Crippen molar-refractivity contribution in [3.63, 3.8) is 0 Å². The van der Waals surface area contributed by atoms with Crippen molar-refractivity contribution >= 4 is 17.9 Å². The normalized spacial score (nSPS) is 9.88. The monoisotopic (exact) mass is 352 g/mol. The van der Waals surface area contributed by atoms with Gasteiger partial charge in [-0.2, -0.15) is 0 Å². The number of nitrogens with one attached hydrogen (secondary N) is 2. The number of rotatable bonds is 9. The van der Waals surface area contributed by atoms with Gasteiger partial charge in [0.15, 0.2) is 18.1 Å². The molecule has 2 N–H and O–H groups in total. The Kier molecular flexibility index (Phi) is 8.84. The van der Waals surface area contributed by atoms with Crippen molar-refractivity contribution in [1.82, 2.24) is 10.6 Å². The second-order valence-electron chi connectivity index (χ2n) is 5.18. The lowest BCUT2D eigenvalue weighted by Gasteiger charge is -2.10. The predicted octanol–water partition coefficient (Wildman–Crippen LogP) is 1.42. The van der Waals surface area contributed by atoms with Gasteiger partial charge >= 0.3 is 12.0 Å². The first-order valence-electron chi connectivity index (χ1n) is 7.94. The molecule has 1 aromatic carbocycles. The summed E-state index contributed by atoms with van der Waals surface area (Å²) in [6.45, 7) is 1.95. The number of carbonyl (C=O) groups is 3. The predicted molar refractivity (Wildman–Crippen MR) is 90.7 cm³/mol. The van der Waals surface area contributed by atoms with Crippen molar-refractivity contribution in [2.45, 2.75) is 26.2 Å². The number of imide groups is 1. The van der Waals surface area contributed by atoms with Gasteiger partial charge in [-0.1, -0.05) is 19.4 Å². The van der Waals surface area contributed by atoms with Gasteiger partial charge in [0, 0.05) is 6.54 Å². The van der Waals surface area contributed by atoms with E-state index < -0.39 is 24.5 Å². The Morgan fingerprint density at radius 1 is 1.08 bits per heavy atom. The molecule has 0 aromatic heterocycles. The largest absolute Gasteiger partial charge is 0.493 e. The molecule has 0 atom stereocenters.